The summed E-state index contributed by atoms with van der Waals surface area (Å²) in [5.74, 6) is -3.96. The van der Waals surface area contributed by atoms with Crippen LogP contribution >= 0.6 is 11.6 Å². The highest BCUT2D eigenvalue weighted by molar-refractivity contribution is 6.36. The lowest BCUT2D eigenvalue weighted by molar-refractivity contribution is -0.274. The van der Waals surface area contributed by atoms with Crippen molar-refractivity contribution in [1.82, 2.24) is 4.90 Å². The largest absolute Gasteiger partial charge is 0.573 e. The molecule has 2 aliphatic rings. The fraction of sp³-hybridized carbons (Fsp3) is 0.353. The van der Waals surface area contributed by atoms with Gasteiger partial charge in [0.05, 0.1) is 16.6 Å². The van der Waals surface area contributed by atoms with E-state index < -0.39 is 30.7 Å². The molecule has 0 fully saturated rings. The van der Waals surface area contributed by atoms with Crippen LogP contribution < -0.4 is 4.74 Å². The van der Waals surface area contributed by atoms with Crippen molar-refractivity contribution >= 4 is 17.5 Å². The van der Waals surface area contributed by atoms with Gasteiger partial charge in [0, 0.05) is 19.0 Å². The third kappa shape index (κ3) is 3.70. The van der Waals surface area contributed by atoms with E-state index in [0.29, 0.717) is 11.6 Å². The SMILES string of the molecule is CC(c1ccc(OC(F)(F)F)cc1)N1CC2=C(C1=O)C(Cl)=CC(F)(F)C2. The van der Waals surface area contributed by atoms with E-state index in [-0.39, 0.29) is 28.5 Å². The Morgan fingerprint density at radius 1 is 1.23 bits per heavy atom. The Morgan fingerprint density at radius 3 is 2.42 bits per heavy atom. The average molecular weight is 394 g/mol. The molecule has 0 saturated heterocycles. The number of rotatable bonds is 3. The van der Waals surface area contributed by atoms with Gasteiger partial charge in [-0.25, -0.2) is 8.78 Å². The van der Waals surface area contributed by atoms with Gasteiger partial charge in [0.25, 0.3) is 11.8 Å². The molecule has 1 unspecified atom stereocenters. The van der Waals surface area contributed by atoms with E-state index in [0.717, 1.165) is 12.1 Å². The lowest BCUT2D eigenvalue weighted by atomic mass is 9.97. The first-order valence-electron chi connectivity index (χ1n) is 7.62. The van der Waals surface area contributed by atoms with Crippen molar-refractivity contribution in [2.75, 3.05) is 6.54 Å². The average Bonchev–Trinajstić information content (AvgIpc) is 2.81. The molecule has 3 rings (SSSR count). The third-order valence-corrected chi connectivity index (χ3v) is 4.58. The number of alkyl halides is 5. The van der Waals surface area contributed by atoms with Crippen molar-refractivity contribution in [2.45, 2.75) is 31.7 Å². The number of nitrogens with zero attached hydrogens (tertiary/aromatic N) is 1. The van der Waals surface area contributed by atoms with Gasteiger partial charge in [-0.3, -0.25) is 4.79 Å². The van der Waals surface area contributed by atoms with Crippen molar-refractivity contribution in [3.8, 4) is 5.75 Å². The summed E-state index contributed by atoms with van der Waals surface area (Å²) in [4.78, 5) is 13.9. The van der Waals surface area contributed by atoms with Crippen molar-refractivity contribution in [1.29, 1.82) is 0 Å². The fourth-order valence-corrected chi connectivity index (χ4v) is 3.47. The van der Waals surface area contributed by atoms with E-state index in [1.807, 2.05) is 0 Å². The summed E-state index contributed by atoms with van der Waals surface area (Å²) in [6.45, 7) is 1.65. The van der Waals surface area contributed by atoms with Gasteiger partial charge in [-0.05, 0) is 30.2 Å². The van der Waals surface area contributed by atoms with E-state index in [1.165, 1.54) is 17.0 Å². The first-order chi connectivity index (χ1) is 12.0. The maximum absolute atomic E-state index is 13.6. The Morgan fingerprint density at radius 2 is 1.85 bits per heavy atom. The molecule has 1 aromatic rings. The predicted octanol–water partition coefficient (Wildman–Crippen LogP) is 4.95. The molecule has 3 nitrogen and oxygen atoms in total. The molecule has 0 bridgehead atoms. The smallest absolute Gasteiger partial charge is 0.406 e. The van der Waals surface area contributed by atoms with Crippen LogP contribution in [0, 0.1) is 0 Å². The first-order valence-corrected chi connectivity index (χ1v) is 8.00. The maximum Gasteiger partial charge on any atom is 0.573 e. The first kappa shape index (κ1) is 18.7. The molecular weight excluding hydrogens is 381 g/mol. The van der Waals surface area contributed by atoms with Crippen LogP contribution in [0.4, 0.5) is 22.0 Å². The molecule has 1 aliphatic carbocycles. The minimum Gasteiger partial charge on any atom is -0.406 e. The molecule has 0 saturated carbocycles. The molecule has 0 radical (unpaired) electrons. The van der Waals surface area contributed by atoms with Gasteiger partial charge in [-0.2, -0.15) is 0 Å². The summed E-state index contributed by atoms with van der Waals surface area (Å²) in [5.41, 5.74) is 0.887. The molecule has 9 heteroatoms. The molecule has 1 heterocycles. The normalized spacial score (nSPS) is 20.8. The van der Waals surface area contributed by atoms with Crippen LogP contribution in [0.3, 0.4) is 0 Å². The lowest BCUT2D eigenvalue weighted by Gasteiger charge is -2.25. The summed E-state index contributed by atoms with van der Waals surface area (Å²) in [7, 11) is 0. The lowest BCUT2D eigenvalue weighted by Crippen LogP contribution is -2.30. The minimum absolute atomic E-state index is 0.00418. The number of hydrogen-bond acceptors (Lipinski definition) is 2. The standard InChI is InChI=1S/C17H13ClF5NO2/c1-9(10-2-4-12(5-3-10)26-17(21,22)23)24-8-11-6-16(19,20)7-13(18)14(11)15(24)25/h2-5,7,9H,6,8H2,1H3. The monoisotopic (exact) mass is 393 g/mol. The fourth-order valence-electron chi connectivity index (χ4n) is 3.10. The molecule has 0 spiro atoms. The molecule has 0 aromatic heterocycles. The molecule has 1 aliphatic heterocycles. The molecular formula is C17H13ClF5NO2. The van der Waals surface area contributed by atoms with Gasteiger partial charge in [0.1, 0.15) is 5.75 Å². The summed E-state index contributed by atoms with van der Waals surface area (Å²) < 4.78 is 67.7. The third-order valence-electron chi connectivity index (χ3n) is 4.28. The van der Waals surface area contributed by atoms with Crippen LogP contribution in [0.25, 0.3) is 0 Å². The van der Waals surface area contributed by atoms with E-state index in [1.54, 1.807) is 6.92 Å². The Labute approximate surface area is 150 Å². The molecule has 26 heavy (non-hydrogen) atoms. The van der Waals surface area contributed by atoms with E-state index >= 15 is 0 Å². The Balaban J connectivity index is 1.77. The summed E-state index contributed by atoms with van der Waals surface area (Å²) >= 11 is 5.85. The van der Waals surface area contributed by atoms with E-state index in [2.05, 4.69) is 4.74 Å². The van der Waals surface area contributed by atoms with Gasteiger partial charge in [-0.15, -0.1) is 13.2 Å². The number of carbonyl (C=O) groups excluding carboxylic acids is 1. The number of carbonyl (C=O) groups is 1. The predicted molar refractivity (Wildman–Crippen MR) is 83.8 cm³/mol. The van der Waals surface area contributed by atoms with Gasteiger partial charge >= 0.3 is 6.36 Å². The number of allylic oxidation sites excluding steroid dienone is 1. The van der Waals surface area contributed by atoms with Crippen LogP contribution in [0.1, 0.15) is 24.9 Å². The number of ether oxygens (including phenoxy) is 1. The Hall–Kier alpha value is -2.09. The van der Waals surface area contributed by atoms with Gasteiger partial charge in [0.2, 0.25) is 0 Å². The Bertz CT molecular complexity index is 798. The summed E-state index contributed by atoms with van der Waals surface area (Å²) in [5, 5.41) is -0.273. The second kappa shape index (κ2) is 6.26. The highest BCUT2D eigenvalue weighted by atomic mass is 35.5. The van der Waals surface area contributed by atoms with Crippen molar-refractivity contribution in [3.63, 3.8) is 0 Å². The zero-order valence-electron chi connectivity index (χ0n) is 13.4. The molecule has 1 amide bonds. The Kier molecular flexibility index (Phi) is 4.50. The van der Waals surface area contributed by atoms with E-state index in [4.69, 9.17) is 11.6 Å². The highest BCUT2D eigenvalue weighted by Crippen LogP contribution is 2.43. The van der Waals surface area contributed by atoms with Crippen LogP contribution in [-0.4, -0.2) is 29.6 Å². The molecule has 1 aromatic carbocycles. The topological polar surface area (TPSA) is 29.5 Å². The number of amides is 1. The second-order valence-corrected chi connectivity index (χ2v) is 6.54. The number of benzene rings is 1. The van der Waals surface area contributed by atoms with Gasteiger partial charge in [0.15, 0.2) is 0 Å². The van der Waals surface area contributed by atoms with Crippen LogP contribution in [0.5, 0.6) is 5.75 Å². The van der Waals surface area contributed by atoms with Crippen LogP contribution in [0.2, 0.25) is 0 Å². The van der Waals surface area contributed by atoms with Crippen molar-refractivity contribution in [3.05, 3.63) is 52.1 Å². The van der Waals surface area contributed by atoms with Crippen molar-refractivity contribution < 1.29 is 31.5 Å². The van der Waals surface area contributed by atoms with Crippen molar-refractivity contribution in [2.24, 2.45) is 0 Å². The number of hydrogen-bond donors (Lipinski definition) is 0. The molecule has 0 N–H and O–H groups in total. The van der Waals surface area contributed by atoms with Crippen LogP contribution in [-0.2, 0) is 4.79 Å². The molecule has 140 valence electrons. The quantitative estimate of drug-likeness (QED) is 0.680. The van der Waals surface area contributed by atoms with Gasteiger partial charge in [-0.1, -0.05) is 23.7 Å². The summed E-state index contributed by atoms with van der Waals surface area (Å²) in [6.07, 6.45) is -4.80. The van der Waals surface area contributed by atoms with Gasteiger partial charge < -0.3 is 9.64 Å². The summed E-state index contributed by atoms with van der Waals surface area (Å²) in [6, 6.07) is 4.51. The zero-order valence-corrected chi connectivity index (χ0v) is 14.2. The van der Waals surface area contributed by atoms with E-state index in [9.17, 15) is 26.7 Å². The van der Waals surface area contributed by atoms with Crippen LogP contribution in [0.15, 0.2) is 46.5 Å². The second-order valence-electron chi connectivity index (χ2n) is 6.13. The maximum atomic E-state index is 13.6. The minimum atomic E-state index is -4.80. The highest BCUT2D eigenvalue weighted by Gasteiger charge is 2.43. The zero-order chi connectivity index (χ0) is 19.3. The number of halogens is 6. The molecule has 1 atom stereocenters.